The summed E-state index contributed by atoms with van der Waals surface area (Å²) in [6.45, 7) is 3.10. The lowest BCUT2D eigenvalue weighted by molar-refractivity contribution is -0.124. The Morgan fingerprint density at radius 2 is 1.90 bits per heavy atom. The highest BCUT2D eigenvalue weighted by Gasteiger charge is 2.41. The Balaban J connectivity index is 0.00000200. The maximum Gasteiger partial charge on any atom is 0.223 e. The fourth-order valence-electron chi connectivity index (χ4n) is 2.37. The molecule has 0 aromatic heterocycles. The van der Waals surface area contributed by atoms with Gasteiger partial charge in [-0.25, -0.2) is 0 Å². The van der Waals surface area contributed by atoms with Gasteiger partial charge in [0.1, 0.15) is 0 Å². The van der Waals surface area contributed by atoms with Crippen LogP contribution in [-0.2, 0) is 9.59 Å². The summed E-state index contributed by atoms with van der Waals surface area (Å²) in [7, 11) is 0. The first-order chi connectivity index (χ1) is 9.05. The molecule has 6 heteroatoms. The number of rotatable bonds is 8. The monoisotopic (exact) mass is 303 g/mol. The molecule has 0 radical (unpaired) electrons. The molecule has 0 aliphatic heterocycles. The second-order valence-corrected chi connectivity index (χ2v) is 6.11. The van der Waals surface area contributed by atoms with E-state index < -0.39 is 0 Å². The van der Waals surface area contributed by atoms with Crippen molar-refractivity contribution in [3.05, 3.63) is 0 Å². The quantitative estimate of drug-likeness (QED) is 0.584. The van der Waals surface area contributed by atoms with E-state index in [-0.39, 0.29) is 35.7 Å². The molecular weight excluding hydrogens is 278 g/mol. The van der Waals surface area contributed by atoms with Crippen LogP contribution in [0.1, 0.15) is 45.4 Å². The van der Waals surface area contributed by atoms with Crippen molar-refractivity contribution < 1.29 is 9.59 Å². The molecule has 1 unspecified atom stereocenters. The predicted molar refractivity (Wildman–Crippen MR) is 80.5 cm³/mol. The molecule has 0 spiro atoms. The Labute approximate surface area is 126 Å². The maximum absolute atomic E-state index is 11.9. The summed E-state index contributed by atoms with van der Waals surface area (Å²) >= 11 is 0. The zero-order valence-corrected chi connectivity index (χ0v) is 12.9. The van der Waals surface area contributed by atoms with Gasteiger partial charge in [-0.1, -0.05) is 0 Å². The Hall–Kier alpha value is -0.810. The van der Waals surface area contributed by atoms with E-state index in [1.165, 1.54) is 0 Å². The Kier molecular flexibility index (Phi) is 6.27. The highest BCUT2D eigenvalue weighted by atomic mass is 35.5. The fraction of sp³-hybridized carbons (Fsp3) is 0.857. The molecule has 0 aromatic rings. The average molecular weight is 304 g/mol. The van der Waals surface area contributed by atoms with E-state index in [1.54, 1.807) is 0 Å². The van der Waals surface area contributed by atoms with Crippen molar-refractivity contribution in [3.8, 4) is 0 Å². The summed E-state index contributed by atoms with van der Waals surface area (Å²) < 4.78 is 0. The van der Waals surface area contributed by atoms with Crippen molar-refractivity contribution in [1.82, 2.24) is 10.6 Å². The zero-order valence-electron chi connectivity index (χ0n) is 12.1. The SMILES string of the molecule is CC(CN)(NC(=O)CCCNC(=O)C1CC1)C1CC1.Cl. The van der Waals surface area contributed by atoms with Crippen LogP contribution in [0.25, 0.3) is 0 Å². The summed E-state index contributed by atoms with van der Waals surface area (Å²) in [5.41, 5.74) is 5.52. The average Bonchev–Trinajstić information content (AvgIpc) is 3.24. The van der Waals surface area contributed by atoms with Gasteiger partial charge < -0.3 is 16.4 Å². The van der Waals surface area contributed by atoms with E-state index in [0.717, 1.165) is 25.7 Å². The van der Waals surface area contributed by atoms with Crippen LogP contribution in [0, 0.1) is 11.8 Å². The van der Waals surface area contributed by atoms with Crippen LogP contribution in [0.15, 0.2) is 0 Å². The first-order valence-electron chi connectivity index (χ1n) is 7.34. The summed E-state index contributed by atoms with van der Waals surface area (Å²) in [6.07, 6.45) is 5.49. The van der Waals surface area contributed by atoms with Crippen molar-refractivity contribution in [2.75, 3.05) is 13.1 Å². The number of carbonyl (C=O) groups is 2. The Bertz CT molecular complexity index is 356. The molecule has 2 fully saturated rings. The molecule has 0 heterocycles. The summed E-state index contributed by atoms with van der Waals surface area (Å²) in [5, 5.41) is 5.92. The first-order valence-corrected chi connectivity index (χ1v) is 7.34. The number of hydrogen-bond donors (Lipinski definition) is 3. The third-order valence-corrected chi connectivity index (χ3v) is 4.16. The normalized spacial score (nSPS) is 20.5. The molecule has 20 heavy (non-hydrogen) atoms. The lowest BCUT2D eigenvalue weighted by Crippen LogP contribution is -2.53. The highest BCUT2D eigenvalue weighted by molar-refractivity contribution is 5.85. The minimum Gasteiger partial charge on any atom is -0.356 e. The van der Waals surface area contributed by atoms with Gasteiger partial charge in [-0.05, 0) is 44.9 Å². The summed E-state index contributed by atoms with van der Waals surface area (Å²) in [4.78, 5) is 23.3. The molecule has 2 aliphatic rings. The van der Waals surface area contributed by atoms with Gasteiger partial charge in [0.05, 0.1) is 5.54 Å². The van der Waals surface area contributed by atoms with Crippen LogP contribution in [-0.4, -0.2) is 30.4 Å². The molecule has 116 valence electrons. The van der Waals surface area contributed by atoms with E-state index in [2.05, 4.69) is 10.6 Å². The Morgan fingerprint density at radius 1 is 1.25 bits per heavy atom. The second kappa shape index (κ2) is 7.27. The van der Waals surface area contributed by atoms with E-state index in [9.17, 15) is 9.59 Å². The van der Waals surface area contributed by atoms with Crippen LogP contribution in [0.5, 0.6) is 0 Å². The van der Waals surface area contributed by atoms with E-state index in [4.69, 9.17) is 5.73 Å². The molecule has 2 saturated carbocycles. The van der Waals surface area contributed by atoms with Crippen LogP contribution < -0.4 is 16.4 Å². The highest BCUT2D eigenvalue weighted by Crippen LogP contribution is 2.39. The molecular formula is C14H26ClN3O2. The molecule has 2 amide bonds. The minimum absolute atomic E-state index is 0. The van der Waals surface area contributed by atoms with E-state index in [0.29, 0.717) is 31.8 Å². The molecule has 0 bridgehead atoms. The van der Waals surface area contributed by atoms with Gasteiger partial charge in [0.25, 0.3) is 0 Å². The van der Waals surface area contributed by atoms with Crippen LogP contribution in [0.2, 0.25) is 0 Å². The van der Waals surface area contributed by atoms with Gasteiger partial charge in [0, 0.05) is 25.4 Å². The molecule has 2 rings (SSSR count). The second-order valence-electron chi connectivity index (χ2n) is 6.11. The number of halogens is 1. The fourth-order valence-corrected chi connectivity index (χ4v) is 2.37. The van der Waals surface area contributed by atoms with Gasteiger partial charge in [-0.2, -0.15) is 0 Å². The van der Waals surface area contributed by atoms with Crippen molar-refractivity contribution in [1.29, 1.82) is 0 Å². The van der Waals surface area contributed by atoms with Crippen molar-refractivity contribution in [3.63, 3.8) is 0 Å². The topological polar surface area (TPSA) is 84.2 Å². The molecule has 0 saturated heterocycles. The van der Waals surface area contributed by atoms with Gasteiger partial charge in [-0.15, -0.1) is 12.4 Å². The first kappa shape index (κ1) is 17.2. The molecule has 1 atom stereocenters. The standard InChI is InChI=1S/C14H25N3O2.ClH/c1-14(9-15,11-6-7-11)17-12(18)3-2-8-16-13(19)10-4-5-10;/h10-11H,2-9,15H2,1H3,(H,16,19)(H,17,18);1H. The van der Waals surface area contributed by atoms with Crippen LogP contribution in [0.4, 0.5) is 0 Å². The summed E-state index contributed by atoms with van der Waals surface area (Å²) in [5.74, 6) is 0.964. The lowest BCUT2D eigenvalue weighted by Gasteiger charge is -2.29. The number of carbonyl (C=O) groups excluding carboxylic acids is 2. The van der Waals surface area contributed by atoms with E-state index in [1.807, 2.05) is 6.92 Å². The number of nitrogens with one attached hydrogen (secondary N) is 2. The third kappa shape index (κ3) is 4.94. The molecule has 5 nitrogen and oxygen atoms in total. The van der Waals surface area contributed by atoms with Gasteiger partial charge in [-0.3, -0.25) is 9.59 Å². The molecule has 0 aromatic carbocycles. The van der Waals surface area contributed by atoms with Crippen molar-refractivity contribution >= 4 is 24.2 Å². The van der Waals surface area contributed by atoms with Crippen LogP contribution in [0.3, 0.4) is 0 Å². The molecule has 2 aliphatic carbocycles. The maximum atomic E-state index is 11.9. The van der Waals surface area contributed by atoms with E-state index >= 15 is 0 Å². The predicted octanol–water partition coefficient (Wildman–Crippen LogP) is 0.958. The third-order valence-electron chi connectivity index (χ3n) is 4.16. The van der Waals surface area contributed by atoms with Gasteiger partial charge in [0.15, 0.2) is 0 Å². The Morgan fingerprint density at radius 3 is 2.40 bits per heavy atom. The number of amides is 2. The molecule has 4 N–H and O–H groups in total. The number of hydrogen-bond acceptors (Lipinski definition) is 3. The minimum atomic E-state index is -0.242. The van der Waals surface area contributed by atoms with Gasteiger partial charge >= 0.3 is 0 Å². The van der Waals surface area contributed by atoms with Crippen molar-refractivity contribution in [2.24, 2.45) is 17.6 Å². The van der Waals surface area contributed by atoms with Crippen LogP contribution >= 0.6 is 12.4 Å². The van der Waals surface area contributed by atoms with Gasteiger partial charge in [0.2, 0.25) is 11.8 Å². The smallest absolute Gasteiger partial charge is 0.223 e. The summed E-state index contributed by atoms with van der Waals surface area (Å²) in [6, 6.07) is 0. The lowest BCUT2D eigenvalue weighted by atomic mass is 9.95. The van der Waals surface area contributed by atoms with Crippen molar-refractivity contribution in [2.45, 2.75) is 51.0 Å². The zero-order chi connectivity index (χ0) is 13.9. The number of nitrogens with two attached hydrogens (primary N) is 1. The largest absolute Gasteiger partial charge is 0.356 e.